The van der Waals surface area contributed by atoms with E-state index in [0.29, 0.717) is 34.0 Å². The van der Waals surface area contributed by atoms with E-state index in [1.165, 1.54) is 28.8 Å². The molecule has 0 saturated heterocycles. The summed E-state index contributed by atoms with van der Waals surface area (Å²) >= 11 is 0. The average Bonchev–Trinajstić information content (AvgIpc) is 3.12. The number of aromatic amines is 1. The van der Waals surface area contributed by atoms with E-state index < -0.39 is 6.36 Å². The Morgan fingerprint density at radius 1 is 0.931 bits per heavy atom. The van der Waals surface area contributed by atoms with E-state index in [2.05, 4.69) is 14.8 Å². The maximum atomic E-state index is 12.7. The fraction of sp³-hybridized carbons (Fsp3) is 0.100. The topological polar surface area (TPSA) is 68.6 Å². The number of H-pyrrole nitrogens is 1. The normalized spacial score (nSPS) is 11.6. The molecule has 2 aromatic carbocycles. The summed E-state index contributed by atoms with van der Waals surface area (Å²) in [4.78, 5) is 15.8. The van der Waals surface area contributed by atoms with Crippen LogP contribution >= 0.6 is 0 Å². The Labute approximate surface area is 162 Å². The third kappa shape index (κ3) is 3.93. The third-order valence-corrected chi connectivity index (χ3v) is 4.18. The van der Waals surface area contributed by atoms with E-state index in [-0.39, 0.29) is 11.3 Å². The van der Waals surface area contributed by atoms with Crippen molar-refractivity contribution in [2.75, 3.05) is 0 Å². The molecule has 4 rings (SSSR count). The highest BCUT2D eigenvalue weighted by Crippen LogP contribution is 2.28. The Morgan fingerprint density at radius 2 is 1.52 bits per heavy atom. The Morgan fingerprint density at radius 3 is 2.14 bits per heavy atom. The summed E-state index contributed by atoms with van der Waals surface area (Å²) in [6, 6.07) is 13.6. The smallest absolute Gasteiger partial charge is 0.457 e. The zero-order chi connectivity index (χ0) is 20.6. The van der Waals surface area contributed by atoms with Crippen LogP contribution in [0.2, 0.25) is 0 Å². The van der Waals surface area contributed by atoms with Crippen molar-refractivity contribution >= 4 is 5.65 Å². The van der Waals surface area contributed by atoms with Crippen LogP contribution in [0.5, 0.6) is 17.2 Å². The Balaban J connectivity index is 1.55. The quantitative estimate of drug-likeness (QED) is 0.539. The highest BCUT2D eigenvalue weighted by molar-refractivity contribution is 5.67. The van der Waals surface area contributed by atoms with Crippen molar-refractivity contribution in [3.05, 3.63) is 76.8 Å². The van der Waals surface area contributed by atoms with Gasteiger partial charge in [-0.3, -0.25) is 4.79 Å². The molecule has 1 N–H and O–H groups in total. The molecular weight excluding hydrogens is 387 g/mol. The summed E-state index contributed by atoms with van der Waals surface area (Å²) in [5.74, 6) is 0.482. The first-order chi connectivity index (χ1) is 13.8. The fourth-order valence-corrected chi connectivity index (χ4v) is 2.96. The lowest BCUT2D eigenvalue weighted by Gasteiger charge is -2.11. The first kappa shape index (κ1) is 18.6. The second-order valence-electron chi connectivity index (χ2n) is 6.20. The van der Waals surface area contributed by atoms with Crippen LogP contribution in [0.15, 0.2) is 65.6 Å². The van der Waals surface area contributed by atoms with E-state index in [1.807, 2.05) is 0 Å². The largest absolute Gasteiger partial charge is 0.573 e. The van der Waals surface area contributed by atoms with Gasteiger partial charge in [-0.05, 0) is 48.9 Å². The van der Waals surface area contributed by atoms with Crippen molar-refractivity contribution < 1.29 is 22.6 Å². The highest BCUT2D eigenvalue weighted by Gasteiger charge is 2.31. The summed E-state index contributed by atoms with van der Waals surface area (Å²) in [5, 5.41) is 4.02. The number of aryl methyl sites for hydroxylation is 1. The van der Waals surface area contributed by atoms with Gasteiger partial charge in [0.05, 0.1) is 11.8 Å². The number of nitrogens with one attached hydrogen (secondary N) is 1. The van der Waals surface area contributed by atoms with Crippen LogP contribution in [0.3, 0.4) is 0 Å². The molecule has 0 atom stereocenters. The van der Waals surface area contributed by atoms with Gasteiger partial charge >= 0.3 is 6.36 Å². The van der Waals surface area contributed by atoms with Crippen LogP contribution in [0, 0.1) is 6.92 Å². The maximum absolute atomic E-state index is 12.7. The maximum Gasteiger partial charge on any atom is 0.573 e. The number of alkyl halides is 3. The molecule has 6 nitrogen and oxygen atoms in total. The SMILES string of the molecule is Cc1[nH]c2ccnn2c(=O)c1-c1ccc(Oc2ccc(OC(F)(F)F)cc2)cc1. The number of fused-ring (bicyclic) bond motifs is 1. The lowest BCUT2D eigenvalue weighted by Crippen LogP contribution is -2.18. The molecule has 4 aromatic rings. The van der Waals surface area contributed by atoms with Gasteiger partial charge < -0.3 is 14.5 Å². The van der Waals surface area contributed by atoms with E-state index in [9.17, 15) is 18.0 Å². The second-order valence-corrected chi connectivity index (χ2v) is 6.20. The molecular formula is C20H14F3N3O3. The summed E-state index contributed by atoms with van der Waals surface area (Å²) in [7, 11) is 0. The van der Waals surface area contributed by atoms with Crippen LogP contribution in [-0.2, 0) is 0 Å². The summed E-state index contributed by atoms with van der Waals surface area (Å²) in [5.41, 5.74) is 2.24. The molecule has 0 amide bonds. The Hall–Kier alpha value is -3.75. The van der Waals surface area contributed by atoms with Crippen molar-refractivity contribution in [1.82, 2.24) is 14.6 Å². The minimum absolute atomic E-state index is 0.241. The molecule has 0 aliphatic carbocycles. The van der Waals surface area contributed by atoms with E-state index in [4.69, 9.17) is 4.74 Å². The van der Waals surface area contributed by atoms with Crippen molar-refractivity contribution in [2.24, 2.45) is 0 Å². The van der Waals surface area contributed by atoms with Gasteiger partial charge in [0.25, 0.3) is 5.56 Å². The van der Waals surface area contributed by atoms with Gasteiger partial charge in [0, 0.05) is 11.8 Å². The molecule has 148 valence electrons. The molecule has 0 aliphatic heterocycles. The number of nitrogens with zero attached hydrogens (tertiary/aromatic N) is 2. The van der Waals surface area contributed by atoms with Gasteiger partial charge in [0.15, 0.2) is 0 Å². The fourth-order valence-electron chi connectivity index (χ4n) is 2.96. The molecule has 9 heteroatoms. The predicted molar refractivity (Wildman–Crippen MR) is 99.2 cm³/mol. The monoisotopic (exact) mass is 401 g/mol. The molecule has 2 aromatic heterocycles. The van der Waals surface area contributed by atoms with Gasteiger partial charge in [0.1, 0.15) is 22.9 Å². The lowest BCUT2D eigenvalue weighted by molar-refractivity contribution is -0.274. The number of halogens is 3. The molecule has 29 heavy (non-hydrogen) atoms. The first-order valence-electron chi connectivity index (χ1n) is 8.51. The van der Waals surface area contributed by atoms with Gasteiger partial charge in [-0.1, -0.05) is 12.1 Å². The van der Waals surface area contributed by atoms with Crippen molar-refractivity contribution in [3.8, 4) is 28.4 Å². The number of hydrogen-bond donors (Lipinski definition) is 1. The van der Waals surface area contributed by atoms with Crippen LogP contribution < -0.4 is 15.0 Å². The number of rotatable bonds is 4. The Bertz CT molecular complexity index is 1210. The predicted octanol–water partition coefficient (Wildman–Crippen LogP) is 4.69. The summed E-state index contributed by atoms with van der Waals surface area (Å²) < 4.78 is 47.4. The van der Waals surface area contributed by atoms with Crippen molar-refractivity contribution in [1.29, 1.82) is 0 Å². The zero-order valence-electron chi connectivity index (χ0n) is 15.0. The van der Waals surface area contributed by atoms with E-state index in [0.717, 1.165) is 0 Å². The molecule has 0 bridgehead atoms. The highest BCUT2D eigenvalue weighted by atomic mass is 19.4. The third-order valence-electron chi connectivity index (χ3n) is 4.18. The number of ether oxygens (including phenoxy) is 2. The zero-order valence-corrected chi connectivity index (χ0v) is 15.0. The van der Waals surface area contributed by atoms with Gasteiger partial charge in [-0.2, -0.15) is 9.61 Å². The standard InChI is InChI=1S/C20H14F3N3O3/c1-12-18(19(27)26-17(25-12)10-11-24-26)13-2-4-14(5-3-13)28-15-6-8-16(9-7-15)29-20(21,22)23/h2-11,25H,1H3. The average molecular weight is 401 g/mol. The lowest BCUT2D eigenvalue weighted by atomic mass is 10.1. The van der Waals surface area contributed by atoms with Crippen molar-refractivity contribution in [2.45, 2.75) is 13.3 Å². The van der Waals surface area contributed by atoms with Gasteiger partial charge in [-0.25, -0.2) is 0 Å². The minimum Gasteiger partial charge on any atom is -0.457 e. The van der Waals surface area contributed by atoms with Gasteiger partial charge in [-0.15, -0.1) is 13.2 Å². The molecule has 2 heterocycles. The van der Waals surface area contributed by atoms with Crippen molar-refractivity contribution in [3.63, 3.8) is 0 Å². The van der Waals surface area contributed by atoms with Crippen LogP contribution in [0.4, 0.5) is 13.2 Å². The number of aromatic nitrogens is 3. The number of hydrogen-bond acceptors (Lipinski definition) is 4. The Kier molecular flexibility index (Phi) is 4.50. The molecule has 0 fully saturated rings. The van der Waals surface area contributed by atoms with Crippen LogP contribution in [-0.4, -0.2) is 21.0 Å². The minimum atomic E-state index is -4.74. The van der Waals surface area contributed by atoms with Gasteiger partial charge in [0.2, 0.25) is 0 Å². The summed E-state index contributed by atoms with van der Waals surface area (Å²) in [6.07, 6.45) is -3.20. The number of benzene rings is 2. The van der Waals surface area contributed by atoms with Crippen LogP contribution in [0.25, 0.3) is 16.8 Å². The van der Waals surface area contributed by atoms with E-state index in [1.54, 1.807) is 43.5 Å². The van der Waals surface area contributed by atoms with E-state index >= 15 is 0 Å². The second kappa shape index (κ2) is 7.01. The first-order valence-corrected chi connectivity index (χ1v) is 8.51. The molecule has 0 spiro atoms. The molecule has 0 aliphatic rings. The summed E-state index contributed by atoms with van der Waals surface area (Å²) in [6.45, 7) is 1.80. The molecule has 0 radical (unpaired) electrons. The molecule has 0 unspecified atom stereocenters. The molecule has 0 saturated carbocycles. The van der Waals surface area contributed by atoms with Crippen LogP contribution in [0.1, 0.15) is 5.69 Å².